The van der Waals surface area contributed by atoms with Crippen LogP contribution in [0.15, 0.2) is 30.3 Å². The van der Waals surface area contributed by atoms with E-state index in [-0.39, 0.29) is 5.54 Å². The van der Waals surface area contributed by atoms with Crippen molar-refractivity contribution in [2.45, 2.75) is 51.7 Å². The lowest BCUT2D eigenvalue weighted by Crippen LogP contribution is -2.58. The number of benzene rings is 1. The first-order valence-electron chi connectivity index (χ1n) is 7.62. The van der Waals surface area contributed by atoms with Gasteiger partial charge in [0.2, 0.25) is 0 Å². The Morgan fingerprint density at radius 1 is 1.38 bits per heavy atom. The van der Waals surface area contributed by atoms with Crippen molar-refractivity contribution in [3.05, 3.63) is 35.9 Å². The second-order valence-corrected chi connectivity index (χ2v) is 6.83. The molecule has 0 saturated carbocycles. The minimum Gasteiger partial charge on any atom is -0.465 e. The third kappa shape index (κ3) is 3.56. The zero-order chi connectivity index (χ0) is 15.6. The highest BCUT2D eigenvalue weighted by molar-refractivity contribution is 5.66. The molecule has 0 spiro atoms. The lowest BCUT2D eigenvalue weighted by molar-refractivity contribution is 0.00536. The summed E-state index contributed by atoms with van der Waals surface area (Å²) in [7, 11) is 0. The Morgan fingerprint density at radius 3 is 2.43 bits per heavy atom. The summed E-state index contributed by atoms with van der Waals surface area (Å²) in [5.74, 6) is 0. The van der Waals surface area contributed by atoms with Gasteiger partial charge in [-0.15, -0.1) is 0 Å². The molecule has 0 radical (unpaired) electrons. The first kappa shape index (κ1) is 15.8. The summed E-state index contributed by atoms with van der Waals surface area (Å²) in [4.78, 5) is 15.4. The Morgan fingerprint density at radius 2 is 2.00 bits per heavy atom. The van der Waals surface area contributed by atoms with E-state index in [9.17, 15) is 9.90 Å². The molecule has 1 aliphatic rings. The molecule has 4 nitrogen and oxygen atoms in total. The van der Waals surface area contributed by atoms with Gasteiger partial charge in [-0.25, -0.2) is 4.79 Å². The van der Waals surface area contributed by atoms with Crippen LogP contribution in [0.2, 0.25) is 0 Å². The molecule has 2 rings (SSSR count). The second kappa shape index (κ2) is 6.06. The maximum atomic E-state index is 11.5. The van der Waals surface area contributed by atoms with E-state index >= 15 is 0 Å². The molecule has 0 unspecified atom stereocenters. The van der Waals surface area contributed by atoms with Gasteiger partial charge < -0.3 is 10.0 Å². The number of carboxylic acid groups (broad SMARTS) is 1. The number of carbonyl (C=O) groups is 1. The molecule has 1 aromatic rings. The number of nitrogens with zero attached hydrogens (tertiary/aromatic N) is 2. The zero-order valence-corrected chi connectivity index (χ0v) is 13.4. The van der Waals surface area contributed by atoms with E-state index in [0.717, 1.165) is 13.0 Å². The summed E-state index contributed by atoms with van der Waals surface area (Å²) in [6, 6.07) is 11.1. The Hall–Kier alpha value is -1.55. The van der Waals surface area contributed by atoms with Gasteiger partial charge in [0.15, 0.2) is 0 Å². The van der Waals surface area contributed by atoms with Gasteiger partial charge in [0, 0.05) is 30.7 Å². The Kier molecular flexibility index (Phi) is 4.57. The van der Waals surface area contributed by atoms with E-state index in [1.165, 1.54) is 5.56 Å². The second-order valence-electron chi connectivity index (χ2n) is 6.83. The summed E-state index contributed by atoms with van der Waals surface area (Å²) in [6.45, 7) is 9.66. The van der Waals surface area contributed by atoms with Crippen molar-refractivity contribution in [2.75, 3.05) is 13.1 Å². The number of amides is 1. The zero-order valence-electron chi connectivity index (χ0n) is 13.4. The molecule has 1 saturated heterocycles. The third-order valence-corrected chi connectivity index (χ3v) is 4.40. The van der Waals surface area contributed by atoms with Crippen LogP contribution in [0.5, 0.6) is 0 Å². The summed E-state index contributed by atoms with van der Waals surface area (Å²) < 4.78 is 0. The molecule has 4 heteroatoms. The fourth-order valence-electron chi connectivity index (χ4n) is 2.94. The Balaban J connectivity index is 2.04. The molecule has 1 fully saturated rings. The van der Waals surface area contributed by atoms with Gasteiger partial charge in [-0.2, -0.15) is 0 Å². The molecule has 1 N–H and O–H groups in total. The third-order valence-electron chi connectivity index (χ3n) is 4.40. The van der Waals surface area contributed by atoms with Gasteiger partial charge in [-0.1, -0.05) is 30.3 Å². The number of hydrogen-bond acceptors (Lipinski definition) is 2. The fraction of sp³-hybridized carbons (Fsp3) is 0.588. The van der Waals surface area contributed by atoms with Crippen molar-refractivity contribution in [2.24, 2.45) is 0 Å². The highest BCUT2D eigenvalue weighted by Gasteiger charge is 2.37. The van der Waals surface area contributed by atoms with Crippen LogP contribution in [0, 0.1) is 0 Å². The predicted molar refractivity (Wildman–Crippen MR) is 84.5 cm³/mol. The van der Waals surface area contributed by atoms with Gasteiger partial charge in [-0.05, 0) is 39.7 Å². The summed E-state index contributed by atoms with van der Waals surface area (Å²) in [5.41, 5.74) is 0.933. The topological polar surface area (TPSA) is 43.8 Å². The number of hydrogen-bond donors (Lipinski definition) is 1. The Labute approximate surface area is 127 Å². The minimum absolute atomic E-state index is 0.315. The van der Waals surface area contributed by atoms with Gasteiger partial charge in [0.25, 0.3) is 0 Å². The molecule has 1 amide bonds. The van der Waals surface area contributed by atoms with Crippen LogP contribution < -0.4 is 0 Å². The van der Waals surface area contributed by atoms with Gasteiger partial charge in [0.05, 0.1) is 0 Å². The predicted octanol–water partition coefficient (Wildman–Crippen LogP) is 3.60. The fourth-order valence-corrected chi connectivity index (χ4v) is 2.94. The van der Waals surface area contributed by atoms with Crippen LogP contribution in [0.25, 0.3) is 0 Å². The quantitative estimate of drug-likeness (QED) is 0.921. The summed E-state index contributed by atoms with van der Waals surface area (Å²) in [6.07, 6.45) is 0.235. The Bertz CT molecular complexity index is 481. The molecule has 21 heavy (non-hydrogen) atoms. The van der Waals surface area contributed by atoms with Crippen molar-refractivity contribution in [1.29, 1.82) is 0 Å². The molecule has 1 aliphatic heterocycles. The van der Waals surface area contributed by atoms with Gasteiger partial charge >= 0.3 is 6.09 Å². The molecular weight excluding hydrogens is 264 g/mol. The molecule has 2 atom stereocenters. The lowest BCUT2D eigenvalue weighted by Gasteiger charge is -2.48. The van der Waals surface area contributed by atoms with E-state index in [2.05, 4.69) is 36.1 Å². The number of likely N-dealkylation sites (tertiary alicyclic amines) is 1. The van der Waals surface area contributed by atoms with Crippen molar-refractivity contribution in [1.82, 2.24) is 9.80 Å². The first-order valence-corrected chi connectivity index (χ1v) is 7.62. The van der Waals surface area contributed by atoms with E-state index in [1.54, 1.807) is 4.90 Å². The summed E-state index contributed by atoms with van der Waals surface area (Å²) >= 11 is 0. The molecule has 0 aromatic heterocycles. The van der Waals surface area contributed by atoms with Crippen LogP contribution >= 0.6 is 0 Å². The summed E-state index contributed by atoms with van der Waals surface area (Å²) in [5, 5.41) is 9.43. The largest absolute Gasteiger partial charge is 0.465 e. The monoisotopic (exact) mass is 290 g/mol. The van der Waals surface area contributed by atoms with E-state index in [0.29, 0.717) is 18.6 Å². The molecule has 0 aliphatic carbocycles. The maximum absolute atomic E-state index is 11.5. The average molecular weight is 290 g/mol. The van der Waals surface area contributed by atoms with Crippen molar-refractivity contribution in [3.63, 3.8) is 0 Å². The van der Waals surface area contributed by atoms with Crippen LogP contribution in [-0.2, 0) is 0 Å². The number of rotatable bonds is 4. The minimum atomic E-state index is -0.832. The highest BCUT2D eigenvalue weighted by atomic mass is 16.4. The van der Waals surface area contributed by atoms with Crippen LogP contribution in [0.3, 0.4) is 0 Å². The van der Waals surface area contributed by atoms with Crippen LogP contribution in [0.1, 0.15) is 45.7 Å². The van der Waals surface area contributed by atoms with E-state index < -0.39 is 6.09 Å². The van der Waals surface area contributed by atoms with Crippen molar-refractivity contribution in [3.8, 4) is 0 Å². The normalized spacial score (nSPS) is 20.7. The average Bonchev–Trinajstić information content (AvgIpc) is 2.36. The van der Waals surface area contributed by atoms with Crippen molar-refractivity contribution >= 4 is 6.09 Å². The van der Waals surface area contributed by atoms with E-state index in [4.69, 9.17) is 0 Å². The highest BCUT2D eigenvalue weighted by Crippen LogP contribution is 2.31. The molecule has 1 heterocycles. The smallest absolute Gasteiger partial charge is 0.407 e. The lowest BCUT2D eigenvalue weighted by atomic mass is 9.94. The maximum Gasteiger partial charge on any atom is 0.407 e. The molecular formula is C17H26N2O2. The van der Waals surface area contributed by atoms with Gasteiger partial charge in [0.1, 0.15) is 0 Å². The van der Waals surface area contributed by atoms with Crippen LogP contribution in [0.4, 0.5) is 4.79 Å². The van der Waals surface area contributed by atoms with E-state index in [1.807, 2.05) is 26.8 Å². The molecule has 116 valence electrons. The standard InChI is InChI=1S/C17H26N2O2/c1-13(14-8-6-5-7-9-14)18-11-10-15(18)12-19(16(20)21)17(2,3)4/h5-9,13,15H,10-12H2,1-4H3,(H,20,21)/t13-,15+/m0/s1. The van der Waals surface area contributed by atoms with Crippen LogP contribution in [-0.4, -0.2) is 45.7 Å². The molecule has 1 aromatic carbocycles. The molecule has 0 bridgehead atoms. The first-order chi connectivity index (χ1) is 9.80. The SMILES string of the molecule is C[C@@H](c1ccccc1)N1CC[C@@H]1CN(C(=O)O)C(C)(C)C. The van der Waals surface area contributed by atoms with Crippen molar-refractivity contribution < 1.29 is 9.90 Å². The van der Waals surface area contributed by atoms with Gasteiger partial charge in [-0.3, -0.25) is 4.90 Å².